The number of nitrogens with two attached hydrogens (primary N) is 1. The molecule has 5 nitrogen and oxygen atoms in total. The Labute approximate surface area is 75.8 Å². The molecule has 2 rings (SSSR count). The largest absolute Gasteiger partial charge is 0.382 e. The van der Waals surface area contributed by atoms with Crippen LogP contribution in [0.4, 0.5) is 11.6 Å². The van der Waals surface area contributed by atoms with Crippen molar-refractivity contribution in [3.63, 3.8) is 0 Å². The normalized spacial score (nSPS) is 10.6. The number of nitrogens with zero attached hydrogens (tertiary/aromatic N) is 4. The van der Waals surface area contributed by atoms with Crippen molar-refractivity contribution in [3.05, 3.63) is 18.5 Å². The van der Waals surface area contributed by atoms with Gasteiger partial charge >= 0.3 is 0 Å². The highest BCUT2D eigenvalue weighted by atomic mass is 15.3. The summed E-state index contributed by atoms with van der Waals surface area (Å²) < 4.78 is 1.77. The Hall–Kier alpha value is -1.78. The van der Waals surface area contributed by atoms with E-state index in [1.165, 1.54) is 6.33 Å². The zero-order valence-corrected chi connectivity index (χ0v) is 7.60. The van der Waals surface area contributed by atoms with E-state index in [0.717, 1.165) is 11.3 Å². The van der Waals surface area contributed by atoms with Crippen LogP contribution in [0.25, 0.3) is 5.52 Å². The van der Waals surface area contributed by atoms with Gasteiger partial charge < -0.3 is 10.6 Å². The number of hydrogen-bond acceptors (Lipinski definition) is 4. The lowest BCUT2D eigenvalue weighted by Crippen LogP contribution is -2.12. The van der Waals surface area contributed by atoms with Crippen molar-refractivity contribution in [1.82, 2.24) is 14.6 Å². The van der Waals surface area contributed by atoms with Crippen LogP contribution in [0.3, 0.4) is 0 Å². The van der Waals surface area contributed by atoms with Gasteiger partial charge in [-0.05, 0) is 12.1 Å². The van der Waals surface area contributed by atoms with E-state index in [2.05, 4.69) is 10.1 Å². The van der Waals surface area contributed by atoms with E-state index in [9.17, 15) is 0 Å². The molecule has 0 aromatic carbocycles. The fourth-order valence-electron chi connectivity index (χ4n) is 1.28. The van der Waals surface area contributed by atoms with Gasteiger partial charge in [0, 0.05) is 14.1 Å². The van der Waals surface area contributed by atoms with Gasteiger partial charge in [-0.25, -0.2) is 9.50 Å². The van der Waals surface area contributed by atoms with Gasteiger partial charge in [-0.3, -0.25) is 0 Å². The quantitative estimate of drug-likeness (QED) is 0.684. The Bertz CT molecular complexity index is 431. The smallest absolute Gasteiger partial charge is 0.151 e. The molecule has 0 radical (unpaired) electrons. The first-order chi connectivity index (χ1) is 6.20. The maximum Gasteiger partial charge on any atom is 0.151 e. The average Bonchev–Trinajstić information content (AvgIpc) is 2.48. The monoisotopic (exact) mass is 177 g/mol. The van der Waals surface area contributed by atoms with Crippen LogP contribution in [-0.4, -0.2) is 28.7 Å². The highest BCUT2D eigenvalue weighted by Gasteiger charge is 2.06. The standard InChI is InChI=1S/C8H11N5/c1-12(2)7-4-3-6-8(9)10-5-11-13(6)7/h3-5H,1-2H3,(H2,9,10,11). The molecular formula is C8H11N5. The SMILES string of the molecule is CN(C)c1ccc2c(N)ncnn12. The summed E-state index contributed by atoms with van der Waals surface area (Å²) in [6.45, 7) is 0. The van der Waals surface area contributed by atoms with Crippen LogP contribution in [0.2, 0.25) is 0 Å². The van der Waals surface area contributed by atoms with Crippen LogP contribution >= 0.6 is 0 Å². The molecule has 0 bridgehead atoms. The Balaban J connectivity index is 2.75. The molecule has 2 aromatic rings. The van der Waals surface area contributed by atoms with Gasteiger partial charge in [-0.15, -0.1) is 0 Å². The van der Waals surface area contributed by atoms with Gasteiger partial charge in [-0.2, -0.15) is 5.10 Å². The number of nitrogen functional groups attached to an aromatic ring is 1. The van der Waals surface area contributed by atoms with E-state index < -0.39 is 0 Å². The third-order valence-electron chi connectivity index (χ3n) is 1.92. The molecule has 2 heterocycles. The van der Waals surface area contributed by atoms with E-state index in [-0.39, 0.29) is 0 Å². The van der Waals surface area contributed by atoms with Crippen molar-refractivity contribution < 1.29 is 0 Å². The Morgan fingerprint density at radius 1 is 1.38 bits per heavy atom. The second-order valence-electron chi connectivity index (χ2n) is 3.03. The molecule has 0 saturated carbocycles. The van der Waals surface area contributed by atoms with Gasteiger partial charge in [0.1, 0.15) is 17.7 Å². The molecule has 2 aromatic heterocycles. The minimum Gasteiger partial charge on any atom is -0.382 e. The first kappa shape index (κ1) is 7.85. The average molecular weight is 177 g/mol. The van der Waals surface area contributed by atoms with E-state index in [1.54, 1.807) is 4.52 Å². The summed E-state index contributed by atoms with van der Waals surface area (Å²) in [5, 5.41) is 4.11. The minimum atomic E-state index is 0.503. The van der Waals surface area contributed by atoms with Crippen molar-refractivity contribution in [2.75, 3.05) is 24.7 Å². The molecule has 0 saturated heterocycles. The first-order valence-electron chi connectivity index (χ1n) is 3.95. The summed E-state index contributed by atoms with van der Waals surface area (Å²) in [6, 6.07) is 3.87. The molecule has 0 unspecified atom stereocenters. The third kappa shape index (κ3) is 1.09. The van der Waals surface area contributed by atoms with Crippen LogP contribution in [0.15, 0.2) is 18.5 Å². The maximum atomic E-state index is 5.68. The first-order valence-corrected chi connectivity index (χ1v) is 3.95. The van der Waals surface area contributed by atoms with Gasteiger partial charge in [0.25, 0.3) is 0 Å². The Morgan fingerprint density at radius 3 is 2.85 bits per heavy atom. The van der Waals surface area contributed by atoms with E-state index in [0.29, 0.717) is 5.82 Å². The highest BCUT2D eigenvalue weighted by molar-refractivity contribution is 5.69. The number of fused-ring (bicyclic) bond motifs is 1. The van der Waals surface area contributed by atoms with Gasteiger partial charge in [0.05, 0.1) is 0 Å². The lowest BCUT2D eigenvalue weighted by Gasteiger charge is -2.10. The number of anilines is 2. The lowest BCUT2D eigenvalue weighted by molar-refractivity contribution is 0.879. The molecule has 13 heavy (non-hydrogen) atoms. The van der Waals surface area contributed by atoms with Crippen molar-refractivity contribution in [3.8, 4) is 0 Å². The van der Waals surface area contributed by atoms with Crippen molar-refractivity contribution >= 4 is 17.2 Å². The lowest BCUT2D eigenvalue weighted by atomic mass is 10.5. The Morgan fingerprint density at radius 2 is 2.15 bits per heavy atom. The van der Waals surface area contributed by atoms with Gasteiger partial charge in [0.15, 0.2) is 5.82 Å². The summed E-state index contributed by atoms with van der Waals surface area (Å²) in [5.74, 6) is 1.49. The highest BCUT2D eigenvalue weighted by Crippen LogP contribution is 2.18. The molecular weight excluding hydrogens is 166 g/mol. The van der Waals surface area contributed by atoms with Crippen LogP contribution in [0.1, 0.15) is 0 Å². The summed E-state index contributed by atoms with van der Waals surface area (Å²) >= 11 is 0. The summed E-state index contributed by atoms with van der Waals surface area (Å²) in [5.41, 5.74) is 6.52. The van der Waals surface area contributed by atoms with Crippen LogP contribution in [0.5, 0.6) is 0 Å². The molecule has 0 atom stereocenters. The number of rotatable bonds is 1. The van der Waals surface area contributed by atoms with Gasteiger partial charge in [-0.1, -0.05) is 0 Å². The van der Waals surface area contributed by atoms with Crippen LogP contribution < -0.4 is 10.6 Å². The molecule has 68 valence electrons. The Kier molecular flexibility index (Phi) is 1.58. The van der Waals surface area contributed by atoms with E-state index in [1.807, 2.05) is 31.1 Å². The molecule has 2 N–H and O–H groups in total. The molecule has 0 aliphatic carbocycles. The van der Waals surface area contributed by atoms with Crippen molar-refractivity contribution in [1.29, 1.82) is 0 Å². The maximum absolute atomic E-state index is 5.68. The van der Waals surface area contributed by atoms with E-state index in [4.69, 9.17) is 5.73 Å². The minimum absolute atomic E-state index is 0.503. The van der Waals surface area contributed by atoms with Crippen LogP contribution in [-0.2, 0) is 0 Å². The zero-order valence-electron chi connectivity index (χ0n) is 7.60. The second kappa shape index (κ2) is 2.62. The molecule has 0 spiro atoms. The fourth-order valence-corrected chi connectivity index (χ4v) is 1.28. The third-order valence-corrected chi connectivity index (χ3v) is 1.92. The molecule has 5 heteroatoms. The van der Waals surface area contributed by atoms with E-state index >= 15 is 0 Å². The zero-order chi connectivity index (χ0) is 9.42. The van der Waals surface area contributed by atoms with Crippen molar-refractivity contribution in [2.45, 2.75) is 0 Å². The predicted octanol–water partition coefficient (Wildman–Crippen LogP) is 0.377. The number of aromatic nitrogens is 3. The summed E-state index contributed by atoms with van der Waals surface area (Å²) in [6.07, 6.45) is 1.45. The van der Waals surface area contributed by atoms with Crippen LogP contribution in [0, 0.1) is 0 Å². The topological polar surface area (TPSA) is 59.5 Å². The summed E-state index contributed by atoms with van der Waals surface area (Å²) in [7, 11) is 3.92. The summed E-state index contributed by atoms with van der Waals surface area (Å²) in [4.78, 5) is 5.88. The van der Waals surface area contributed by atoms with Gasteiger partial charge in [0.2, 0.25) is 0 Å². The number of hydrogen-bond donors (Lipinski definition) is 1. The molecule has 0 aliphatic rings. The second-order valence-corrected chi connectivity index (χ2v) is 3.03. The predicted molar refractivity (Wildman–Crippen MR) is 51.7 cm³/mol. The fraction of sp³-hybridized carbons (Fsp3) is 0.250. The molecule has 0 aliphatic heterocycles. The van der Waals surface area contributed by atoms with Crippen molar-refractivity contribution in [2.24, 2.45) is 0 Å². The molecule has 0 fully saturated rings. The molecule has 0 amide bonds.